The van der Waals surface area contributed by atoms with E-state index < -0.39 is 23.3 Å². The third-order valence-electron chi connectivity index (χ3n) is 6.99. The van der Waals surface area contributed by atoms with Crippen molar-refractivity contribution in [3.63, 3.8) is 0 Å². The summed E-state index contributed by atoms with van der Waals surface area (Å²) in [4.78, 5) is 36.1. The molecule has 204 valence electrons. The predicted molar refractivity (Wildman–Crippen MR) is 132 cm³/mol. The second-order valence-electron chi connectivity index (χ2n) is 9.52. The summed E-state index contributed by atoms with van der Waals surface area (Å²) in [5.41, 5.74) is 1.02. The summed E-state index contributed by atoms with van der Waals surface area (Å²) in [6, 6.07) is 14.8. The number of amides is 1. The number of aryl methyl sites for hydroxylation is 1. The standard InChI is InChI=1S/C27H25F4N3O2.CO2/c1-18-13-22(19-7-10-32-24(28)15-19)20(14-23(18)27(29,30)31)16-33-11-8-26(9-12-33)17-34(25(35)36-26)21-5-3-2-4-6-21;2-1-3/h2-7,10,13-15H,8-9,11-12,16-17H2,1H3;. The lowest BCUT2D eigenvalue weighted by Crippen LogP contribution is -2.46. The van der Waals surface area contributed by atoms with Gasteiger partial charge in [0.2, 0.25) is 5.95 Å². The Balaban J connectivity index is 0.00000112. The summed E-state index contributed by atoms with van der Waals surface area (Å²) < 4.78 is 60.7. The van der Waals surface area contributed by atoms with E-state index in [0.717, 1.165) is 5.69 Å². The molecule has 0 bridgehead atoms. The Hall–Kier alpha value is -4.08. The van der Waals surface area contributed by atoms with Crippen LogP contribution in [0.4, 0.5) is 28.0 Å². The van der Waals surface area contributed by atoms with E-state index in [1.165, 1.54) is 31.3 Å². The quantitative estimate of drug-likeness (QED) is 0.314. The Bertz CT molecular complexity index is 1370. The Morgan fingerprint density at radius 1 is 1.05 bits per heavy atom. The molecule has 39 heavy (non-hydrogen) atoms. The van der Waals surface area contributed by atoms with E-state index in [2.05, 4.69) is 9.88 Å². The van der Waals surface area contributed by atoms with Crippen molar-refractivity contribution in [2.75, 3.05) is 24.5 Å². The molecule has 2 aromatic carbocycles. The molecule has 3 aromatic rings. The molecule has 5 rings (SSSR count). The second kappa shape index (κ2) is 11.3. The summed E-state index contributed by atoms with van der Waals surface area (Å²) in [5.74, 6) is -0.693. The van der Waals surface area contributed by atoms with E-state index >= 15 is 0 Å². The topological polar surface area (TPSA) is 79.8 Å². The first-order valence-corrected chi connectivity index (χ1v) is 12.1. The lowest BCUT2D eigenvalue weighted by molar-refractivity contribution is -0.191. The van der Waals surface area contributed by atoms with E-state index in [1.54, 1.807) is 11.0 Å². The summed E-state index contributed by atoms with van der Waals surface area (Å²) >= 11 is 0. The number of carbonyl (C=O) groups excluding carboxylic acids is 3. The normalized spacial score (nSPS) is 16.8. The van der Waals surface area contributed by atoms with Crippen LogP contribution in [0.15, 0.2) is 60.8 Å². The minimum Gasteiger partial charge on any atom is -0.441 e. The number of rotatable bonds is 4. The number of nitrogens with zero attached hydrogens (tertiary/aromatic N) is 3. The summed E-state index contributed by atoms with van der Waals surface area (Å²) in [5, 5.41) is 0. The highest BCUT2D eigenvalue weighted by atomic mass is 19.4. The number of likely N-dealkylation sites (tertiary alicyclic amines) is 1. The van der Waals surface area contributed by atoms with Crippen molar-refractivity contribution in [1.82, 2.24) is 9.88 Å². The first-order valence-electron chi connectivity index (χ1n) is 12.1. The van der Waals surface area contributed by atoms with Crippen LogP contribution in [0.2, 0.25) is 0 Å². The average Bonchev–Trinajstić information content (AvgIpc) is 3.22. The Morgan fingerprint density at radius 3 is 2.33 bits per heavy atom. The summed E-state index contributed by atoms with van der Waals surface area (Å²) in [7, 11) is 0. The number of alkyl halides is 3. The van der Waals surface area contributed by atoms with Gasteiger partial charge in [-0.3, -0.25) is 9.80 Å². The van der Waals surface area contributed by atoms with Crippen LogP contribution in [-0.2, 0) is 27.0 Å². The molecule has 1 spiro atoms. The molecule has 2 aliphatic heterocycles. The molecule has 0 unspecified atom stereocenters. The van der Waals surface area contributed by atoms with Crippen molar-refractivity contribution in [1.29, 1.82) is 0 Å². The molecule has 1 aromatic heterocycles. The van der Waals surface area contributed by atoms with Crippen LogP contribution in [0, 0.1) is 12.9 Å². The maximum absolute atomic E-state index is 13.8. The lowest BCUT2D eigenvalue weighted by Gasteiger charge is -2.37. The number of carbonyl (C=O) groups is 1. The van der Waals surface area contributed by atoms with E-state index in [1.807, 2.05) is 30.3 Å². The summed E-state index contributed by atoms with van der Waals surface area (Å²) in [6.45, 7) is 3.21. The van der Waals surface area contributed by atoms with Crippen LogP contribution in [-0.4, -0.2) is 47.4 Å². The number of halogens is 4. The fourth-order valence-electron chi connectivity index (χ4n) is 5.08. The zero-order chi connectivity index (χ0) is 28.2. The van der Waals surface area contributed by atoms with Gasteiger partial charge in [0.1, 0.15) is 5.60 Å². The van der Waals surface area contributed by atoms with Crippen molar-refractivity contribution in [2.24, 2.45) is 0 Å². The Kier molecular flexibility index (Phi) is 8.13. The van der Waals surface area contributed by atoms with Gasteiger partial charge in [0.25, 0.3) is 0 Å². The minimum absolute atomic E-state index is 0.0786. The van der Waals surface area contributed by atoms with Crippen LogP contribution in [0.3, 0.4) is 0 Å². The van der Waals surface area contributed by atoms with Gasteiger partial charge < -0.3 is 4.74 Å². The van der Waals surface area contributed by atoms with Crippen molar-refractivity contribution < 1.29 is 36.7 Å². The number of anilines is 1. The number of pyridine rings is 1. The molecule has 0 saturated carbocycles. The van der Waals surface area contributed by atoms with Crippen molar-refractivity contribution in [3.8, 4) is 11.1 Å². The van der Waals surface area contributed by atoms with Gasteiger partial charge in [0.05, 0.1) is 12.1 Å². The van der Waals surface area contributed by atoms with Gasteiger partial charge >= 0.3 is 18.4 Å². The number of benzene rings is 2. The molecule has 2 fully saturated rings. The molecule has 0 aliphatic carbocycles. The molecule has 0 N–H and O–H groups in total. The second-order valence-corrected chi connectivity index (χ2v) is 9.52. The molecular weight excluding hydrogens is 518 g/mol. The average molecular weight is 544 g/mol. The third-order valence-corrected chi connectivity index (χ3v) is 6.99. The Labute approximate surface area is 222 Å². The first kappa shape index (κ1) is 27.9. The molecule has 3 heterocycles. The van der Waals surface area contributed by atoms with Gasteiger partial charge in [0, 0.05) is 50.4 Å². The minimum atomic E-state index is -4.49. The van der Waals surface area contributed by atoms with Crippen LogP contribution < -0.4 is 4.90 Å². The highest BCUT2D eigenvalue weighted by Gasteiger charge is 2.47. The lowest BCUT2D eigenvalue weighted by atomic mass is 9.90. The van der Waals surface area contributed by atoms with Crippen LogP contribution >= 0.6 is 0 Å². The molecule has 11 heteroatoms. The maximum atomic E-state index is 13.8. The van der Waals surface area contributed by atoms with Crippen molar-refractivity contribution in [2.45, 2.75) is 38.1 Å². The fraction of sp³-hybridized carbons (Fsp3) is 0.321. The van der Waals surface area contributed by atoms with Gasteiger partial charge in [-0.15, -0.1) is 0 Å². The number of para-hydroxylation sites is 1. The number of hydrogen-bond donors (Lipinski definition) is 0. The van der Waals surface area contributed by atoms with Gasteiger partial charge in [-0.2, -0.15) is 27.2 Å². The molecule has 2 saturated heterocycles. The van der Waals surface area contributed by atoms with Gasteiger partial charge in [0.15, 0.2) is 0 Å². The zero-order valence-corrected chi connectivity index (χ0v) is 21.0. The molecule has 2 aliphatic rings. The van der Waals surface area contributed by atoms with Gasteiger partial charge in [-0.25, -0.2) is 9.78 Å². The van der Waals surface area contributed by atoms with E-state index in [4.69, 9.17) is 14.3 Å². The van der Waals surface area contributed by atoms with Crippen LogP contribution in [0.1, 0.15) is 29.5 Å². The summed E-state index contributed by atoms with van der Waals surface area (Å²) in [6.07, 6.45) is -2.19. The fourth-order valence-corrected chi connectivity index (χ4v) is 5.08. The highest BCUT2D eigenvalue weighted by Crippen LogP contribution is 2.39. The predicted octanol–water partition coefficient (Wildman–Crippen LogP) is 5.62. The van der Waals surface area contributed by atoms with E-state index in [9.17, 15) is 22.4 Å². The van der Waals surface area contributed by atoms with Gasteiger partial charge in [-0.05, 0) is 53.4 Å². The number of piperidine rings is 1. The molecule has 0 atom stereocenters. The van der Waals surface area contributed by atoms with Crippen LogP contribution in [0.25, 0.3) is 11.1 Å². The van der Waals surface area contributed by atoms with Gasteiger partial charge in [-0.1, -0.05) is 24.3 Å². The largest absolute Gasteiger partial charge is 0.441 e. The highest BCUT2D eigenvalue weighted by molar-refractivity contribution is 5.90. The van der Waals surface area contributed by atoms with E-state index in [0.29, 0.717) is 49.2 Å². The molecule has 1 amide bonds. The number of aromatic nitrogens is 1. The molecule has 0 radical (unpaired) electrons. The molecular formula is C28H25F4N3O4. The van der Waals surface area contributed by atoms with E-state index in [-0.39, 0.29) is 24.4 Å². The van der Waals surface area contributed by atoms with Crippen LogP contribution in [0.5, 0.6) is 0 Å². The number of ether oxygens (including phenoxy) is 1. The third kappa shape index (κ3) is 6.32. The molecule has 7 nitrogen and oxygen atoms in total. The van der Waals surface area contributed by atoms with Crippen molar-refractivity contribution in [3.05, 3.63) is 83.4 Å². The smallest absolute Gasteiger partial charge is 0.416 e. The maximum Gasteiger partial charge on any atom is 0.416 e. The SMILES string of the molecule is Cc1cc(-c2ccnc(F)c2)c(CN2CCC3(CC2)CN(c2ccccc2)C(=O)O3)cc1C(F)(F)F.O=C=O. The zero-order valence-electron chi connectivity index (χ0n) is 21.0. The number of hydrogen-bond acceptors (Lipinski definition) is 6. The Morgan fingerprint density at radius 2 is 1.72 bits per heavy atom. The van der Waals surface area contributed by atoms with Crippen molar-refractivity contribution >= 4 is 17.9 Å². The first-order chi connectivity index (χ1) is 18.5. The monoisotopic (exact) mass is 543 g/mol.